The second kappa shape index (κ2) is 8.00. The average Bonchev–Trinajstić information content (AvgIpc) is 2.77. The molecule has 0 unspecified atom stereocenters. The molecule has 0 aliphatic carbocycles. The first-order chi connectivity index (χ1) is 13.7. The lowest BCUT2D eigenvalue weighted by molar-refractivity contribution is 0.867. The van der Waals surface area contributed by atoms with Crippen LogP contribution in [0.4, 0.5) is 0 Å². The third kappa shape index (κ3) is 3.23. The van der Waals surface area contributed by atoms with E-state index in [1.165, 1.54) is 26.3 Å². The maximum atomic E-state index is 2.37. The predicted octanol–water partition coefficient (Wildman–Crippen LogP) is 4.19. The molecular weight excluding hydrogens is 352 g/mol. The monoisotopic (exact) mass is 378 g/mol. The van der Waals surface area contributed by atoms with Gasteiger partial charge >= 0.3 is 0 Å². The molecule has 138 valence electrons. The molecule has 0 fully saturated rings. The number of benzene rings is 4. The Hall–Kier alpha value is -2.90. The third-order valence-electron chi connectivity index (χ3n) is 5.63. The van der Waals surface area contributed by atoms with Crippen LogP contribution in [-0.2, 0) is 0 Å². The van der Waals surface area contributed by atoms with E-state index in [0.29, 0.717) is 5.92 Å². The molecule has 0 aromatic heterocycles. The fraction of sp³-hybridized carbons (Fsp3) is 0.111. The molecule has 0 aliphatic heterocycles. The molecule has 0 aliphatic rings. The Labute approximate surface area is 169 Å². The van der Waals surface area contributed by atoms with Gasteiger partial charge in [-0.1, -0.05) is 129 Å². The van der Waals surface area contributed by atoms with Crippen LogP contribution in [0.2, 0.25) is 0 Å². The summed E-state index contributed by atoms with van der Waals surface area (Å²) < 4.78 is 0. The standard InChI is InChI=1S/C27H26Si/c1-22(2)23-18-20-27(21-19-23)28(24-12-6-3-7-13-24,25-14-8-4-9-15-25)26-16-10-5-11-17-26/h3-22H,1-2H3. The summed E-state index contributed by atoms with van der Waals surface area (Å²) in [6, 6.07) is 42.6. The van der Waals surface area contributed by atoms with E-state index in [0.717, 1.165) is 0 Å². The minimum absolute atomic E-state index is 0.537. The van der Waals surface area contributed by atoms with Crippen LogP contribution in [0.1, 0.15) is 25.3 Å². The molecule has 0 amide bonds. The second-order valence-electron chi connectivity index (χ2n) is 7.62. The van der Waals surface area contributed by atoms with Crippen molar-refractivity contribution in [3.63, 3.8) is 0 Å². The molecule has 4 aromatic carbocycles. The highest BCUT2D eigenvalue weighted by Gasteiger charge is 2.41. The van der Waals surface area contributed by atoms with Crippen molar-refractivity contribution in [1.82, 2.24) is 0 Å². The first-order valence-electron chi connectivity index (χ1n) is 10.00. The molecule has 28 heavy (non-hydrogen) atoms. The van der Waals surface area contributed by atoms with Crippen LogP contribution in [0, 0.1) is 0 Å². The maximum Gasteiger partial charge on any atom is 0.179 e. The van der Waals surface area contributed by atoms with Crippen LogP contribution in [0.5, 0.6) is 0 Å². The molecule has 1 heteroatoms. The Morgan fingerprint density at radius 3 is 1.07 bits per heavy atom. The third-order valence-corrected chi connectivity index (χ3v) is 10.4. The summed E-state index contributed by atoms with van der Waals surface area (Å²) in [4.78, 5) is 0. The first kappa shape index (κ1) is 18.5. The normalized spacial score (nSPS) is 11.5. The van der Waals surface area contributed by atoms with Crippen molar-refractivity contribution < 1.29 is 0 Å². The van der Waals surface area contributed by atoms with Gasteiger partial charge < -0.3 is 0 Å². The van der Waals surface area contributed by atoms with Crippen molar-refractivity contribution in [3.05, 3.63) is 121 Å². The van der Waals surface area contributed by atoms with E-state index in [1.54, 1.807) is 0 Å². The van der Waals surface area contributed by atoms with Crippen molar-refractivity contribution in [2.24, 2.45) is 0 Å². The van der Waals surface area contributed by atoms with Gasteiger partial charge in [0.25, 0.3) is 0 Å². The van der Waals surface area contributed by atoms with Crippen molar-refractivity contribution in [2.75, 3.05) is 0 Å². The van der Waals surface area contributed by atoms with Gasteiger partial charge in [0.1, 0.15) is 0 Å². The van der Waals surface area contributed by atoms with Crippen LogP contribution >= 0.6 is 0 Å². The summed E-state index contributed by atoms with van der Waals surface area (Å²) in [6.45, 7) is 4.51. The quantitative estimate of drug-likeness (QED) is 0.361. The molecule has 4 rings (SSSR count). The van der Waals surface area contributed by atoms with Crippen LogP contribution < -0.4 is 20.7 Å². The lowest BCUT2D eigenvalue weighted by Crippen LogP contribution is -2.74. The lowest BCUT2D eigenvalue weighted by Gasteiger charge is -2.34. The van der Waals surface area contributed by atoms with E-state index in [1.807, 2.05) is 0 Å². The second-order valence-corrected chi connectivity index (χ2v) is 11.4. The summed E-state index contributed by atoms with van der Waals surface area (Å²) in [5, 5.41) is 5.69. The minimum Gasteiger partial charge on any atom is -0.0623 e. The highest BCUT2D eigenvalue weighted by Crippen LogP contribution is 2.15. The molecule has 0 nitrogen and oxygen atoms in total. The highest BCUT2D eigenvalue weighted by atomic mass is 28.3. The van der Waals surface area contributed by atoms with Gasteiger partial charge in [-0.15, -0.1) is 0 Å². The summed E-state index contributed by atoms with van der Waals surface area (Å²) in [5.74, 6) is 0.537. The van der Waals surface area contributed by atoms with Crippen LogP contribution in [-0.4, -0.2) is 8.07 Å². The molecule has 4 aromatic rings. The number of hydrogen-bond donors (Lipinski definition) is 0. The Kier molecular flexibility index (Phi) is 5.27. The molecule has 0 spiro atoms. The van der Waals surface area contributed by atoms with Gasteiger partial charge in [-0.3, -0.25) is 0 Å². The van der Waals surface area contributed by atoms with Crippen LogP contribution in [0.25, 0.3) is 0 Å². The Bertz CT molecular complexity index is 907. The van der Waals surface area contributed by atoms with Crippen molar-refractivity contribution in [3.8, 4) is 0 Å². The van der Waals surface area contributed by atoms with E-state index < -0.39 is 8.07 Å². The Morgan fingerprint density at radius 1 is 0.429 bits per heavy atom. The zero-order chi connectivity index (χ0) is 19.4. The van der Waals surface area contributed by atoms with Gasteiger partial charge in [-0.2, -0.15) is 0 Å². The smallest absolute Gasteiger partial charge is 0.0623 e. The highest BCUT2D eigenvalue weighted by molar-refractivity contribution is 7.19. The van der Waals surface area contributed by atoms with Crippen molar-refractivity contribution >= 4 is 28.8 Å². The summed E-state index contributed by atoms with van der Waals surface area (Å²) in [5.41, 5.74) is 1.39. The topological polar surface area (TPSA) is 0 Å². The molecule has 0 saturated heterocycles. The van der Waals surface area contributed by atoms with Crippen LogP contribution in [0.15, 0.2) is 115 Å². The molecule has 0 N–H and O–H groups in total. The van der Waals surface area contributed by atoms with Crippen LogP contribution in [0.3, 0.4) is 0 Å². The molecule has 0 atom stereocenters. The van der Waals surface area contributed by atoms with E-state index in [2.05, 4.69) is 129 Å². The summed E-state index contributed by atoms with van der Waals surface area (Å²) in [6.07, 6.45) is 0. The van der Waals surface area contributed by atoms with Gasteiger partial charge in [0.05, 0.1) is 0 Å². The van der Waals surface area contributed by atoms with E-state index in [4.69, 9.17) is 0 Å². The zero-order valence-corrected chi connectivity index (χ0v) is 17.5. The fourth-order valence-corrected chi connectivity index (χ4v) is 8.93. The average molecular weight is 379 g/mol. The summed E-state index contributed by atoms with van der Waals surface area (Å²) >= 11 is 0. The molecular formula is C27H26Si. The summed E-state index contributed by atoms with van der Waals surface area (Å²) in [7, 11) is -2.36. The number of hydrogen-bond acceptors (Lipinski definition) is 0. The molecule has 0 heterocycles. The van der Waals surface area contributed by atoms with Gasteiger partial charge in [-0.05, 0) is 32.2 Å². The fourth-order valence-electron chi connectivity index (χ4n) is 4.18. The lowest BCUT2D eigenvalue weighted by atomic mass is 10.0. The first-order valence-corrected chi connectivity index (χ1v) is 12.0. The van der Waals surface area contributed by atoms with Gasteiger partial charge in [0, 0.05) is 0 Å². The van der Waals surface area contributed by atoms with E-state index in [9.17, 15) is 0 Å². The largest absolute Gasteiger partial charge is 0.179 e. The Balaban J connectivity index is 2.07. The molecule has 0 bridgehead atoms. The van der Waals surface area contributed by atoms with Gasteiger partial charge in [0.15, 0.2) is 8.07 Å². The minimum atomic E-state index is -2.36. The van der Waals surface area contributed by atoms with Gasteiger partial charge in [0.2, 0.25) is 0 Å². The molecule has 0 radical (unpaired) electrons. The maximum absolute atomic E-state index is 2.37. The van der Waals surface area contributed by atoms with E-state index in [-0.39, 0.29) is 0 Å². The number of rotatable bonds is 5. The van der Waals surface area contributed by atoms with Crippen molar-refractivity contribution in [2.45, 2.75) is 19.8 Å². The Morgan fingerprint density at radius 2 is 0.750 bits per heavy atom. The van der Waals surface area contributed by atoms with Crippen molar-refractivity contribution in [1.29, 1.82) is 0 Å². The molecule has 0 saturated carbocycles. The van der Waals surface area contributed by atoms with E-state index >= 15 is 0 Å². The predicted molar refractivity (Wildman–Crippen MR) is 124 cm³/mol. The SMILES string of the molecule is CC(C)c1ccc([Si](c2ccccc2)(c2ccccc2)c2ccccc2)cc1. The van der Waals surface area contributed by atoms with Gasteiger partial charge in [-0.25, -0.2) is 0 Å². The zero-order valence-electron chi connectivity index (χ0n) is 16.5.